The minimum absolute atomic E-state index is 0.158. The van der Waals surface area contributed by atoms with E-state index in [-0.39, 0.29) is 11.2 Å². The molecule has 2 N–H and O–H groups in total. The van der Waals surface area contributed by atoms with Gasteiger partial charge >= 0.3 is 5.97 Å². The van der Waals surface area contributed by atoms with E-state index >= 15 is 0 Å². The van der Waals surface area contributed by atoms with Gasteiger partial charge in [-0.15, -0.1) is 11.3 Å². The monoisotopic (exact) mass is 278 g/mol. The Morgan fingerprint density at radius 3 is 2.37 bits per heavy atom. The summed E-state index contributed by atoms with van der Waals surface area (Å²) in [5.41, 5.74) is 1.98. The molecule has 1 aromatic rings. The molecule has 0 amide bonds. The summed E-state index contributed by atoms with van der Waals surface area (Å²) in [6.07, 6.45) is 7.85. The predicted molar refractivity (Wildman–Crippen MR) is 73.6 cm³/mol. The van der Waals surface area contributed by atoms with E-state index in [9.17, 15) is 9.90 Å². The minimum atomic E-state index is -0.923. The van der Waals surface area contributed by atoms with E-state index in [2.05, 4.69) is 10.3 Å². The van der Waals surface area contributed by atoms with Crippen LogP contribution in [0.4, 0.5) is 5.00 Å². The summed E-state index contributed by atoms with van der Waals surface area (Å²) in [5, 5.41) is 13.5. The molecule has 4 saturated carbocycles. The number of thiazole rings is 1. The van der Waals surface area contributed by atoms with Crippen LogP contribution in [0.1, 0.15) is 49.0 Å². The Labute approximate surface area is 116 Å². The molecule has 4 bridgehead atoms. The zero-order chi connectivity index (χ0) is 13.0. The van der Waals surface area contributed by atoms with Crippen molar-refractivity contribution in [1.29, 1.82) is 0 Å². The minimum Gasteiger partial charge on any atom is -0.476 e. The van der Waals surface area contributed by atoms with Gasteiger partial charge in [0.05, 0.1) is 5.51 Å². The fraction of sp³-hybridized carbons (Fsp3) is 0.714. The highest BCUT2D eigenvalue weighted by Crippen LogP contribution is 2.56. The van der Waals surface area contributed by atoms with E-state index in [1.54, 1.807) is 5.51 Å². The van der Waals surface area contributed by atoms with Gasteiger partial charge in [0, 0.05) is 5.54 Å². The summed E-state index contributed by atoms with van der Waals surface area (Å²) in [6, 6.07) is 0. The second-order valence-electron chi connectivity index (χ2n) is 6.66. The zero-order valence-corrected chi connectivity index (χ0v) is 11.6. The van der Waals surface area contributed by atoms with Gasteiger partial charge in [-0.3, -0.25) is 0 Å². The third-order valence-electron chi connectivity index (χ3n) is 5.19. The maximum Gasteiger partial charge on any atom is 0.357 e. The Bertz CT molecular complexity index is 490. The molecule has 0 atom stereocenters. The summed E-state index contributed by atoms with van der Waals surface area (Å²) in [7, 11) is 0. The number of carboxylic acid groups (broad SMARTS) is 1. The predicted octanol–water partition coefficient (Wildman–Crippen LogP) is 3.22. The van der Waals surface area contributed by atoms with Crippen LogP contribution in [0.2, 0.25) is 0 Å². The zero-order valence-electron chi connectivity index (χ0n) is 10.8. The van der Waals surface area contributed by atoms with E-state index in [1.165, 1.54) is 49.9 Å². The molecule has 1 heterocycles. The lowest BCUT2D eigenvalue weighted by molar-refractivity contribution is 0.0108. The van der Waals surface area contributed by atoms with Gasteiger partial charge in [0.15, 0.2) is 5.69 Å². The molecule has 1 aromatic heterocycles. The number of carbonyl (C=O) groups is 1. The second kappa shape index (κ2) is 3.95. The summed E-state index contributed by atoms with van der Waals surface area (Å²) < 4.78 is 0. The SMILES string of the molecule is O=C(O)c1ncsc1NC12CC3CC(CC(C3)C1)C2. The van der Waals surface area contributed by atoms with Gasteiger partial charge in [-0.05, 0) is 56.3 Å². The molecule has 0 saturated heterocycles. The highest BCUT2D eigenvalue weighted by atomic mass is 32.1. The van der Waals surface area contributed by atoms with Crippen molar-refractivity contribution in [3.05, 3.63) is 11.2 Å². The highest BCUT2D eigenvalue weighted by Gasteiger charge is 2.51. The first-order valence-electron chi connectivity index (χ1n) is 7.08. The summed E-state index contributed by atoms with van der Waals surface area (Å²) in [6.45, 7) is 0. The van der Waals surface area contributed by atoms with Crippen molar-refractivity contribution in [3.63, 3.8) is 0 Å². The largest absolute Gasteiger partial charge is 0.476 e. The molecule has 19 heavy (non-hydrogen) atoms. The number of rotatable bonds is 3. The Morgan fingerprint density at radius 1 is 1.26 bits per heavy atom. The number of carboxylic acids is 1. The summed E-state index contributed by atoms with van der Waals surface area (Å²) in [4.78, 5) is 15.1. The lowest BCUT2D eigenvalue weighted by Crippen LogP contribution is -2.54. The first-order valence-corrected chi connectivity index (χ1v) is 7.96. The number of aromatic carboxylic acids is 1. The number of aromatic nitrogens is 1. The molecule has 5 heteroatoms. The van der Waals surface area contributed by atoms with Crippen LogP contribution in [0.5, 0.6) is 0 Å². The van der Waals surface area contributed by atoms with Crippen molar-refractivity contribution in [1.82, 2.24) is 4.98 Å². The Balaban J connectivity index is 1.62. The van der Waals surface area contributed by atoms with E-state index < -0.39 is 5.97 Å². The van der Waals surface area contributed by atoms with Crippen LogP contribution in [0, 0.1) is 17.8 Å². The molecule has 4 fully saturated rings. The van der Waals surface area contributed by atoms with Crippen LogP contribution in [0.3, 0.4) is 0 Å². The summed E-state index contributed by atoms with van der Waals surface area (Å²) in [5.74, 6) is 1.66. The third-order valence-corrected chi connectivity index (χ3v) is 5.93. The van der Waals surface area contributed by atoms with Gasteiger partial charge in [-0.25, -0.2) is 9.78 Å². The van der Waals surface area contributed by atoms with Gasteiger partial charge in [0.25, 0.3) is 0 Å². The first kappa shape index (κ1) is 11.7. The Hall–Kier alpha value is -1.10. The van der Waals surface area contributed by atoms with Crippen molar-refractivity contribution in [2.24, 2.45) is 17.8 Å². The van der Waals surface area contributed by atoms with Crippen LogP contribution in [0.25, 0.3) is 0 Å². The topological polar surface area (TPSA) is 62.2 Å². The van der Waals surface area contributed by atoms with E-state index in [4.69, 9.17) is 0 Å². The first-order chi connectivity index (χ1) is 9.13. The molecule has 0 aromatic carbocycles. The van der Waals surface area contributed by atoms with Gasteiger partial charge < -0.3 is 10.4 Å². The Kier molecular flexibility index (Phi) is 2.43. The molecule has 5 rings (SSSR count). The van der Waals surface area contributed by atoms with Gasteiger partial charge in [0.1, 0.15) is 5.00 Å². The molecule has 102 valence electrons. The number of hydrogen-bond donors (Lipinski definition) is 2. The average Bonchev–Trinajstić information content (AvgIpc) is 2.74. The number of anilines is 1. The lowest BCUT2D eigenvalue weighted by Gasteiger charge is -2.57. The maximum atomic E-state index is 11.2. The van der Waals surface area contributed by atoms with Gasteiger partial charge in [-0.2, -0.15) is 0 Å². The molecule has 4 aliphatic rings. The van der Waals surface area contributed by atoms with Gasteiger partial charge in [-0.1, -0.05) is 0 Å². The molecular formula is C14H18N2O2S. The van der Waals surface area contributed by atoms with E-state index in [0.29, 0.717) is 0 Å². The molecule has 0 spiro atoms. The molecule has 0 aliphatic heterocycles. The van der Waals surface area contributed by atoms with Crippen molar-refractivity contribution >= 4 is 22.3 Å². The molecular weight excluding hydrogens is 260 g/mol. The average molecular weight is 278 g/mol. The third kappa shape index (κ3) is 1.86. The standard InChI is InChI=1S/C14H18N2O2S/c17-13(18)11-12(19-7-15-11)16-14-4-8-1-9(5-14)3-10(2-8)6-14/h7-10,16H,1-6H2,(H,17,18). The Morgan fingerprint density at radius 2 is 1.84 bits per heavy atom. The van der Waals surface area contributed by atoms with Crippen molar-refractivity contribution in [2.75, 3.05) is 5.32 Å². The lowest BCUT2D eigenvalue weighted by atomic mass is 9.53. The van der Waals surface area contributed by atoms with Gasteiger partial charge in [0.2, 0.25) is 0 Å². The van der Waals surface area contributed by atoms with Crippen molar-refractivity contribution in [3.8, 4) is 0 Å². The van der Waals surface area contributed by atoms with E-state index in [1.807, 2.05) is 0 Å². The summed E-state index contributed by atoms with van der Waals surface area (Å²) >= 11 is 1.42. The van der Waals surface area contributed by atoms with Crippen molar-refractivity contribution < 1.29 is 9.90 Å². The van der Waals surface area contributed by atoms with Crippen LogP contribution in [-0.2, 0) is 0 Å². The fourth-order valence-electron chi connectivity index (χ4n) is 4.99. The van der Waals surface area contributed by atoms with Crippen LogP contribution in [0.15, 0.2) is 5.51 Å². The number of nitrogens with one attached hydrogen (secondary N) is 1. The van der Waals surface area contributed by atoms with Crippen LogP contribution in [-0.4, -0.2) is 21.6 Å². The second-order valence-corrected chi connectivity index (χ2v) is 7.51. The number of nitrogens with zero attached hydrogens (tertiary/aromatic N) is 1. The quantitative estimate of drug-likeness (QED) is 0.891. The van der Waals surface area contributed by atoms with Crippen LogP contribution < -0.4 is 5.32 Å². The molecule has 4 nitrogen and oxygen atoms in total. The normalized spacial score (nSPS) is 39.5. The van der Waals surface area contributed by atoms with Crippen molar-refractivity contribution in [2.45, 2.75) is 44.1 Å². The fourth-order valence-corrected chi connectivity index (χ4v) is 5.78. The number of hydrogen-bond acceptors (Lipinski definition) is 4. The molecule has 0 unspecified atom stereocenters. The molecule has 4 aliphatic carbocycles. The smallest absolute Gasteiger partial charge is 0.357 e. The van der Waals surface area contributed by atoms with Crippen LogP contribution >= 0.6 is 11.3 Å². The molecule has 0 radical (unpaired) electrons. The highest BCUT2D eigenvalue weighted by molar-refractivity contribution is 7.14. The maximum absolute atomic E-state index is 11.2. The van der Waals surface area contributed by atoms with E-state index in [0.717, 1.165) is 22.8 Å².